The van der Waals surface area contributed by atoms with Crippen molar-refractivity contribution in [2.24, 2.45) is 0 Å². The van der Waals surface area contributed by atoms with Crippen LogP contribution in [-0.2, 0) is 29.9 Å². The zero-order chi connectivity index (χ0) is 14.8. The zero-order valence-electron chi connectivity index (χ0n) is 10.9. The molecular weight excluding hydrogens is 284 g/mol. The molecule has 1 atom stereocenters. The summed E-state index contributed by atoms with van der Waals surface area (Å²) in [6.07, 6.45) is 0.649. The molecule has 108 valence electrons. The molecule has 0 bridgehead atoms. The van der Waals surface area contributed by atoms with Crippen LogP contribution in [0.5, 0.6) is 0 Å². The van der Waals surface area contributed by atoms with Crippen LogP contribution in [0.1, 0.15) is 22.3 Å². The number of benzene rings is 1. The van der Waals surface area contributed by atoms with Crippen LogP contribution in [0, 0.1) is 0 Å². The molecule has 0 aromatic heterocycles. The minimum atomic E-state index is -3.11. The van der Waals surface area contributed by atoms with Gasteiger partial charge in [-0.3, -0.25) is 0 Å². The van der Waals surface area contributed by atoms with Crippen LogP contribution in [0.15, 0.2) is 24.3 Å². The summed E-state index contributed by atoms with van der Waals surface area (Å²) < 4.78 is 32.0. The molecular formula is C13H14O6S. The van der Waals surface area contributed by atoms with Gasteiger partial charge in [-0.05, 0) is 17.7 Å². The van der Waals surface area contributed by atoms with Crippen molar-refractivity contribution in [3.05, 3.63) is 35.4 Å². The van der Waals surface area contributed by atoms with Gasteiger partial charge in [0.2, 0.25) is 6.10 Å². The number of carbonyl (C=O) groups is 2. The second-order valence-electron chi connectivity index (χ2n) is 4.62. The minimum absolute atomic E-state index is 0.0860. The number of ether oxygens (including phenoxy) is 2. The Morgan fingerprint density at radius 3 is 2.50 bits per heavy atom. The third-order valence-electron chi connectivity index (χ3n) is 2.76. The van der Waals surface area contributed by atoms with E-state index in [2.05, 4.69) is 0 Å². The molecule has 1 saturated heterocycles. The Hall–Kier alpha value is -1.89. The fraction of sp³-hybridized carbons (Fsp3) is 0.385. The molecule has 0 saturated carbocycles. The third-order valence-corrected chi connectivity index (χ3v) is 3.61. The second-order valence-corrected chi connectivity index (χ2v) is 6.76. The van der Waals surface area contributed by atoms with Gasteiger partial charge < -0.3 is 9.47 Å². The lowest BCUT2D eigenvalue weighted by Gasteiger charge is -2.08. The monoisotopic (exact) mass is 298 g/mol. The van der Waals surface area contributed by atoms with Crippen LogP contribution < -0.4 is 0 Å². The predicted octanol–water partition coefficient (Wildman–Crippen LogP) is 0.704. The molecule has 0 radical (unpaired) electrons. The van der Waals surface area contributed by atoms with Crippen molar-refractivity contribution in [2.75, 3.05) is 12.9 Å². The fourth-order valence-electron chi connectivity index (χ4n) is 1.82. The summed E-state index contributed by atoms with van der Waals surface area (Å²) >= 11 is 0. The van der Waals surface area contributed by atoms with E-state index in [0.29, 0.717) is 12.0 Å². The zero-order valence-corrected chi connectivity index (χ0v) is 11.7. The summed E-state index contributed by atoms with van der Waals surface area (Å²) in [5.74, 6) is -1.25. The van der Waals surface area contributed by atoms with Gasteiger partial charge in [0.05, 0.1) is 17.9 Å². The van der Waals surface area contributed by atoms with Crippen LogP contribution in [0.4, 0.5) is 0 Å². The Balaban J connectivity index is 2.02. The highest BCUT2D eigenvalue weighted by atomic mass is 32.2. The molecule has 20 heavy (non-hydrogen) atoms. The second kappa shape index (κ2) is 5.62. The van der Waals surface area contributed by atoms with Gasteiger partial charge in [-0.1, -0.05) is 12.1 Å². The van der Waals surface area contributed by atoms with E-state index in [1.165, 1.54) is 12.1 Å². The lowest BCUT2D eigenvalue weighted by Crippen LogP contribution is -2.22. The van der Waals surface area contributed by atoms with Gasteiger partial charge in [0.1, 0.15) is 0 Å². The number of hydrogen-bond donors (Lipinski definition) is 0. The molecule has 6 nitrogen and oxygen atoms in total. The Bertz CT molecular complexity index is 617. The lowest BCUT2D eigenvalue weighted by atomic mass is 10.1. The topological polar surface area (TPSA) is 86.7 Å². The van der Waals surface area contributed by atoms with Crippen LogP contribution in [0.3, 0.4) is 0 Å². The number of esters is 2. The standard InChI is InChI=1S/C13H14O6S/c1-20(16,17)8-9-2-4-10(5-3-9)12(14)19-11-6-7-18-13(11)15/h2-5,11H,6-8H2,1H3/t11-/m1/s1. The van der Waals surface area contributed by atoms with Gasteiger partial charge in [-0.2, -0.15) is 0 Å². The van der Waals surface area contributed by atoms with E-state index in [9.17, 15) is 18.0 Å². The molecule has 0 amide bonds. The van der Waals surface area contributed by atoms with Crippen molar-refractivity contribution in [3.8, 4) is 0 Å². The van der Waals surface area contributed by atoms with E-state index in [1.54, 1.807) is 12.1 Å². The molecule has 0 aliphatic carbocycles. The van der Waals surface area contributed by atoms with Crippen molar-refractivity contribution in [2.45, 2.75) is 18.3 Å². The van der Waals surface area contributed by atoms with Crippen LogP contribution in [0.2, 0.25) is 0 Å². The lowest BCUT2D eigenvalue weighted by molar-refractivity contribution is -0.145. The van der Waals surface area contributed by atoms with Gasteiger partial charge >= 0.3 is 11.9 Å². The van der Waals surface area contributed by atoms with Gasteiger partial charge in [0, 0.05) is 12.7 Å². The first-order chi connectivity index (χ1) is 9.35. The fourth-order valence-corrected chi connectivity index (χ4v) is 2.62. The van der Waals surface area contributed by atoms with Crippen molar-refractivity contribution in [3.63, 3.8) is 0 Å². The largest absolute Gasteiger partial charge is 0.463 e. The number of carbonyl (C=O) groups excluding carboxylic acids is 2. The summed E-state index contributed by atoms with van der Waals surface area (Å²) in [4.78, 5) is 23.0. The number of cyclic esters (lactones) is 1. The normalized spacial score (nSPS) is 18.6. The summed E-state index contributed by atoms with van der Waals surface area (Å²) in [7, 11) is -3.11. The maximum absolute atomic E-state index is 11.8. The average Bonchev–Trinajstić information content (AvgIpc) is 2.74. The highest BCUT2D eigenvalue weighted by molar-refractivity contribution is 7.89. The number of rotatable bonds is 4. The molecule has 0 unspecified atom stereocenters. The highest BCUT2D eigenvalue weighted by Crippen LogP contribution is 2.14. The average molecular weight is 298 g/mol. The molecule has 1 aliphatic rings. The van der Waals surface area contributed by atoms with Crippen molar-refractivity contribution >= 4 is 21.8 Å². The molecule has 0 N–H and O–H groups in total. The SMILES string of the molecule is CS(=O)(=O)Cc1ccc(C(=O)O[C@@H]2CCOC2=O)cc1. The first-order valence-corrected chi connectivity index (χ1v) is 8.05. The van der Waals surface area contributed by atoms with E-state index >= 15 is 0 Å². The quantitative estimate of drug-likeness (QED) is 0.761. The maximum atomic E-state index is 11.8. The Labute approximate surface area is 116 Å². The van der Waals surface area contributed by atoms with Crippen LogP contribution in [0.25, 0.3) is 0 Å². The van der Waals surface area contributed by atoms with Crippen LogP contribution in [-0.4, -0.2) is 39.3 Å². The summed E-state index contributed by atoms with van der Waals surface area (Å²) in [6, 6.07) is 6.04. The van der Waals surface area contributed by atoms with E-state index in [-0.39, 0.29) is 17.9 Å². The van der Waals surface area contributed by atoms with Gasteiger partial charge in [0.25, 0.3) is 0 Å². The maximum Gasteiger partial charge on any atom is 0.347 e. The predicted molar refractivity (Wildman–Crippen MR) is 69.8 cm³/mol. The summed E-state index contributed by atoms with van der Waals surface area (Å²) in [5.41, 5.74) is 0.853. The van der Waals surface area contributed by atoms with Crippen molar-refractivity contribution < 1.29 is 27.5 Å². The molecule has 2 rings (SSSR count). The number of hydrogen-bond acceptors (Lipinski definition) is 6. The molecule has 1 aliphatic heterocycles. The molecule has 1 aromatic rings. The summed E-state index contributed by atoms with van der Waals surface area (Å²) in [6.45, 7) is 0.254. The van der Waals surface area contributed by atoms with E-state index in [4.69, 9.17) is 9.47 Å². The summed E-state index contributed by atoms with van der Waals surface area (Å²) in [5, 5.41) is 0. The van der Waals surface area contributed by atoms with E-state index < -0.39 is 27.9 Å². The number of sulfone groups is 1. The third kappa shape index (κ3) is 3.80. The first kappa shape index (κ1) is 14.5. The highest BCUT2D eigenvalue weighted by Gasteiger charge is 2.30. The van der Waals surface area contributed by atoms with E-state index in [1.807, 2.05) is 0 Å². The smallest absolute Gasteiger partial charge is 0.347 e. The Morgan fingerprint density at radius 2 is 2.00 bits per heavy atom. The van der Waals surface area contributed by atoms with Crippen molar-refractivity contribution in [1.82, 2.24) is 0 Å². The molecule has 1 heterocycles. The molecule has 0 spiro atoms. The Morgan fingerprint density at radius 1 is 1.35 bits per heavy atom. The van der Waals surface area contributed by atoms with Gasteiger partial charge in [0.15, 0.2) is 9.84 Å². The van der Waals surface area contributed by atoms with Gasteiger partial charge in [-0.25, -0.2) is 18.0 Å². The minimum Gasteiger partial charge on any atom is -0.463 e. The molecule has 1 fully saturated rings. The Kier molecular flexibility index (Phi) is 4.08. The van der Waals surface area contributed by atoms with Crippen LogP contribution >= 0.6 is 0 Å². The molecule has 1 aromatic carbocycles. The van der Waals surface area contributed by atoms with Gasteiger partial charge in [-0.15, -0.1) is 0 Å². The van der Waals surface area contributed by atoms with E-state index in [0.717, 1.165) is 6.26 Å². The molecule has 7 heteroatoms. The first-order valence-electron chi connectivity index (χ1n) is 5.99. The van der Waals surface area contributed by atoms with Crippen molar-refractivity contribution in [1.29, 1.82) is 0 Å².